The maximum Gasteiger partial charge on any atom is 0.120 e. The summed E-state index contributed by atoms with van der Waals surface area (Å²) in [4.78, 5) is 0. The first-order chi connectivity index (χ1) is 7.09. The zero-order chi connectivity index (χ0) is 10.9. The van der Waals surface area contributed by atoms with E-state index in [4.69, 9.17) is 0 Å². The molecule has 1 aromatic carbocycles. The number of rotatable bonds is 4. The first-order valence-corrected chi connectivity index (χ1v) is 5.58. The summed E-state index contributed by atoms with van der Waals surface area (Å²) in [6, 6.07) is 5.74. The van der Waals surface area contributed by atoms with Crippen molar-refractivity contribution in [3.8, 4) is 5.75 Å². The lowest BCUT2D eigenvalue weighted by Gasteiger charge is -2.11. The average molecular weight is 205 g/mol. The molecule has 0 radical (unpaired) electrons. The molecule has 0 saturated heterocycles. The Kier molecular flexibility index (Phi) is 2.70. The lowest BCUT2D eigenvalue weighted by molar-refractivity contribution is 0.455. The molecule has 2 nitrogen and oxygen atoms in total. The van der Waals surface area contributed by atoms with Crippen LogP contribution in [0.1, 0.15) is 30.9 Å². The second-order valence-electron chi connectivity index (χ2n) is 5.05. The van der Waals surface area contributed by atoms with Gasteiger partial charge in [-0.05, 0) is 31.2 Å². The quantitative estimate of drug-likeness (QED) is 0.792. The van der Waals surface area contributed by atoms with E-state index < -0.39 is 0 Å². The van der Waals surface area contributed by atoms with E-state index in [0.29, 0.717) is 11.2 Å². The Morgan fingerprint density at radius 3 is 2.80 bits per heavy atom. The molecule has 0 atom stereocenters. The van der Waals surface area contributed by atoms with Gasteiger partial charge in [-0.2, -0.15) is 0 Å². The Balaban J connectivity index is 1.89. The molecule has 1 aliphatic carbocycles. The lowest BCUT2D eigenvalue weighted by atomic mass is 10.1. The van der Waals surface area contributed by atoms with Crippen molar-refractivity contribution in [2.45, 2.75) is 33.2 Å². The number of hydrogen-bond acceptors (Lipinski definition) is 2. The highest BCUT2D eigenvalue weighted by Crippen LogP contribution is 2.44. The van der Waals surface area contributed by atoms with E-state index in [1.807, 2.05) is 19.1 Å². The molecule has 82 valence electrons. The van der Waals surface area contributed by atoms with Gasteiger partial charge < -0.3 is 10.4 Å². The highest BCUT2D eigenvalue weighted by Gasteiger charge is 2.36. The summed E-state index contributed by atoms with van der Waals surface area (Å²) in [5.41, 5.74) is 2.72. The minimum absolute atomic E-state index is 0.397. The van der Waals surface area contributed by atoms with Gasteiger partial charge in [0, 0.05) is 18.7 Å². The molecular weight excluding hydrogens is 186 g/mol. The minimum atomic E-state index is 0.397. The van der Waals surface area contributed by atoms with Crippen molar-refractivity contribution in [2.75, 3.05) is 6.54 Å². The first kappa shape index (κ1) is 10.5. The van der Waals surface area contributed by atoms with Crippen molar-refractivity contribution in [3.05, 3.63) is 29.3 Å². The van der Waals surface area contributed by atoms with Crippen molar-refractivity contribution in [1.29, 1.82) is 0 Å². The summed E-state index contributed by atoms with van der Waals surface area (Å²) in [5.74, 6) is 0.397. The second-order valence-corrected chi connectivity index (χ2v) is 5.05. The fourth-order valence-electron chi connectivity index (χ4n) is 1.74. The molecule has 0 unspecified atom stereocenters. The molecule has 1 saturated carbocycles. The predicted octanol–water partition coefficient (Wildman–Crippen LogP) is 2.59. The van der Waals surface area contributed by atoms with Crippen LogP contribution in [0.3, 0.4) is 0 Å². The number of aryl methyl sites for hydroxylation is 1. The molecule has 1 aliphatic rings. The van der Waals surface area contributed by atoms with Gasteiger partial charge in [-0.3, -0.25) is 0 Å². The van der Waals surface area contributed by atoms with Crippen molar-refractivity contribution in [1.82, 2.24) is 5.32 Å². The topological polar surface area (TPSA) is 32.3 Å². The van der Waals surface area contributed by atoms with Crippen LogP contribution in [0.2, 0.25) is 0 Å². The molecule has 2 rings (SSSR count). The first-order valence-electron chi connectivity index (χ1n) is 5.58. The third-order valence-electron chi connectivity index (χ3n) is 3.21. The van der Waals surface area contributed by atoms with Crippen LogP contribution >= 0.6 is 0 Å². The molecule has 2 N–H and O–H groups in total. The van der Waals surface area contributed by atoms with Crippen LogP contribution in [-0.4, -0.2) is 11.7 Å². The molecule has 15 heavy (non-hydrogen) atoms. The largest absolute Gasteiger partial charge is 0.508 e. The zero-order valence-corrected chi connectivity index (χ0v) is 9.51. The monoisotopic (exact) mass is 205 g/mol. The van der Waals surface area contributed by atoms with Crippen LogP contribution in [0.5, 0.6) is 5.75 Å². The fourth-order valence-corrected chi connectivity index (χ4v) is 1.74. The van der Waals surface area contributed by atoms with Crippen LogP contribution < -0.4 is 5.32 Å². The van der Waals surface area contributed by atoms with Crippen LogP contribution in [0.4, 0.5) is 0 Å². The number of benzene rings is 1. The third kappa shape index (κ3) is 2.72. The Labute approximate surface area is 91.3 Å². The van der Waals surface area contributed by atoms with Crippen molar-refractivity contribution in [3.63, 3.8) is 0 Å². The summed E-state index contributed by atoms with van der Waals surface area (Å²) in [7, 11) is 0. The van der Waals surface area contributed by atoms with Gasteiger partial charge in [-0.25, -0.2) is 0 Å². The van der Waals surface area contributed by atoms with Crippen LogP contribution in [0.15, 0.2) is 18.2 Å². The van der Waals surface area contributed by atoms with E-state index in [9.17, 15) is 5.11 Å². The molecule has 1 aromatic rings. The molecule has 0 aliphatic heterocycles. The van der Waals surface area contributed by atoms with Gasteiger partial charge in [0.1, 0.15) is 5.75 Å². The van der Waals surface area contributed by atoms with Gasteiger partial charge in [0.15, 0.2) is 0 Å². The van der Waals surface area contributed by atoms with Crippen LogP contribution in [0.25, 0.3) is 0 Å². The third-order valence-corrected chi connectivity index (χ3v) is 3.21. The molecule has 0 heterocycles. The summed E-state index contributed by atoms with van der Waals surface area (Å²) >= 11 is 0. The lowest BCUT2D eigenvalue weighted by Crippen LogP contribution is -2.21. The minimum Gasteiger partial charge on any atom is -0.508 e. The maximum atomic E-state index is 9.64. The Bertz CT molecular complexity index is 356. The van der Waals surface area contributed by atoms with Gasteiger partial charge in [0.05, 0.1) is 0 Å². The maximum absolute atomic E-state index is 9.64. The van der Waals surface area contributed by atoms with E-state index >= 15 is 0 Å². The summed E-state index contributed by atoms with van der Waals surface area (Å²) < 4.78 is 0. The molecular formula is C13H19NO. The summed E-state index contributed by atoms with van der Waals surface area (Å²) in [6.07, 6.45) is 2.67. The van der Waals surface area contributed by atoms with Crippen molar-refractivity contribution in [2.24, 2.45) is 5.41 Å². The zero-order valence-electron chi connectivity index (χ0n) is 9.51. The van der Waals surface area contributed by atoms with E-state index in [-0.39, 0.29) is 0 Å². The number of hydrogen-bond donors (Lipinski definition) is 2. The van der Waals surface area contributed by atoms with E-state index in [2.05, 4.69) is 12.2 Å². The van der Waals surface area contributed by atoms with Crippen LogP contribution in [-0.2, 0) is 6.54 Å². The molecule has 0 amide bonds. The summed E-state index contributed by atoms with van der Waals surface area (Å²) in [5, 5.41) is 13.1. The number of phenolic OH excluding ortho intramolecular Hbond substituents is 1. The number of nitrogens with one attached hydrogen (secondary N) is 1. The molecule has 0 spiro atoms. The molecule has 0 bridgehead atoms. The Hall–Kier alpha value is -1.02. The summed E-state index contributed by atoms with van der Waals surface area (Å²) in [6.45, 7) is 6.17. The van der Waals surface area contributed by atoms with Gasteiger partial charge in [-0.1, -0.05) is 24.6 Å². The van der Waals surface area contributed by atoms with E-state index in [1.54, 1.807) is 6.07 Å². The fraction of sp³-hybridized carbons (Fsp3) is 0.538. The highest BCUT2D eigenvalue weighted by atomic mass is 16.3. The van der Waals surface area contributed by atoms with Gasteiger partial charge in [0.25, 0.3) is 0 Å². The van der Waals surface area contributed by atoms with Crippen molar-refractivity contribution < 1.29 is 5.11 Å². The molecule has 2 heteroatoms. The second kappa shape index (κ2) is 3.86. The predicted molar refractivity (Wildman–Crippen MR) is 61.9 cm³/mol. The Morgan fingerprint density at radius 2 is 2.13 bits per heavy atom. The molecule has 0 aromatic heterocycles. The number of phenols is 1. The average Bonchev–Trinajstić information content (AvgIpc) is 2.90. The van der Waals surface area contributed by atoms with Crippen molar-refractivity contribution >= 4 is 0 Å². The Morgan fingerprint density at radius 1 is 1.40 bits per heavy atom. The van der Waals surface area contributed by atoms with Gasteiger partial charge in [-0.15, -0.1) is 0 Å². The highest BCUT2D eigenvalue weighted by molar-refractivity contribution is 5.35. The normalized spacial score (nSPS) is 17.7. The molecule has 1 fully saturated rings. The standard InChI is InChI=1S/C13H19NO/c1-10-3-4-12(15)11(7-10)8-14-9-13(2)5-6-13/h3-4,7,14-15H,5-6,8-9H2,1-2H3. The van der Waals surface area contributed by atoms with E-state index in [1.165, 1.54) is 18.4 Å². The number of aromatic hydroxyl groups is 1. The SMILES string of the molecule is Cc1ccc(O)c(CNCC2(C)CC2)c1. The van der Waals surface area contributed by atoms with Crippen LogP contribution in [0, 0.1) is 12.3 Å². The van der Waals surface area contributed by atoms with Gasteiger partial charge >= 0.3 is 0 Å². The van der Waals surface area contributed by atoms with Gasteiger partial charge in [0.2, 0.25) is 0 Å². The van der Waals surface area contributed by atoms with E-state index in [0.717, 1.165) is 18.7 Å². The smallest absolute Gasteiger partial charge is 0.120 e.